The van der Waals surface area contributed by atoms with Crippen LogP contribution in [0.5, 0.6) is 0 Å². The summed E-state index contributed by atoms with van der Waals surface area (Å²) in [4.78, 5) is 15.5. The number of rotatable bonds is 5. The van der Waals surface area contributed by atoms with Gasteiger partial charge in [-0.15, -0.1) is 0 Å². The molecule has 0 fully saturated rings. The van der Waals surface area contributed by atoms with Crippen LogP contribution in [0.2, 0.25) is 13.6 Å². The van der Waals surface area contributed by atoms with Crippen LogP contribution in [-0.4, -0.2) is 32.9 Å². The number of hydrogen-bond donors (Lipinski definition) is 1. The molecule has 0 saturated carbocycles. The highest BCUT2D eigenvalue weighted by atomic mass is 79.9. The monoisotopic (exact) mass is 278 g/mol. The minimum Gasteiger partial charge on any atom is -0.373 e. The highest BCUT2D eigenvalue weighted by molar-refractivity contribution is 9.10. The first-order valence-electron chi connectivity index (χ1n) is 5.04. The molecule has 0 bridgehead atoms. The number of carbonyl (C=O) groups is 1. The maximum atomic E-state index is 11.2. The van der Waals surface area contributed by atoms with E-state index < -0.39 is 4.22 Å². The average Bonchev–Trinajstić information content (AvgIpc) is 2.37. The molecule has 1 aromatic rings. The van der Waals surface area contributed by atoms with Crippen molar-refractivity contribution < 1.29 is 4.79 Å². The van der Waals surface area contributed by atoms with Crippen molar-refractivity contribution in [3.05, 3.63) is 17.8 Å². The van der Waals surface area contributed by atoms with Crippen molar-refractivity contribution in [1.82, 2.24) is 4.98 Å². The summed E-state index contributed by atoms with van der Waals surface area (Å²) < 4.78 is -0.780. The summed E-state index contributed by atoms with van der Waals surface area (Å²) in [6.07, 6.45) is 2.63. The van der Waals surface area contributed by atoms with E-state index in [4.69, 9.17) is 0 Å². The molecule has 1 N–H and O–H groups in total. The standard InChI is InChI=1S/C10H13B2BrN2O/c1-11-7-4-8(9(14-3)15-5-7)10(13,6-16)12-2/h4-6H,1-3H3,(H,14,15). The Morgan fingerprint density at radius 3 is 2.69 bits per heavy atom. The average molecular weight is 279 g/mol. The zero-order valence-corrected chi connectivity index (χ0v) is 11.2. The number of carbonyl (C=O) groups excluding carboxylic acids is 1. The van der Waals surface area contributed by atoms with Crippen molar-refractivity contribution in [2.24, 2.45) is 0 Å². The molecule has 0 aliphatic heterocycles. The lowest BCUT2D eigenvalue weighted by molar-refractivity contribution is -0.108. The highest BCUT2D eigenvalue weighted by Crippen LogP contribution is 2.31. The van der Waals surface area contributed by atoms with Crippen LogP contribution in [0, 0.1) is 0 Å². The minimum absolute atomic E-state index is 0.702. The Bertz CT molecular complexity index is 389. The summed E-state index contributed by atoms with van der Waals surface area (Å²) >= 11 is 3.43. The first-order chi connectivity index (χ1) is 7.61. The van der Waals surface area contributed by atoms with Gasteiger partial charge in [-0.2, -0.15) is 0 Å². The Balaban J connectivity index is 3.32. The largest absolute Gasteiger partial charge is 0.373 e. The highest BCUT2D eigenvalue weighted by Gasteiger charge is 2.30. The molecule has 1 unspecified atom stereocenters. The molecule has 16 heavy (non-hydrogen) atoms. The van der Waals surface area contributed by atoms with E-state index in [2.05, 4.69) is 26.2 Å². The molecule has 3 nitrogen and oxygen atoms in total. The summed E-state index contributed by atoms with van der Waals surface area (Å²) in [5.41, 5.74) is 1.81. The van der Waals surface area contributed by atoms with Crippen molar-refractivity contribution in [2.75, 3.05) is 12.4 Å². The predicted molar refractivity (Wildman–Crippen MR) is 73.3 cm³/mol. The second-order valence-electron chi connectivity index (χ2n) is 3.38. The van der Waals surface area contributed by atoms with E-state index in [9.17, 15) is 4.79 Å². The third-order valence-electron chi connectivity index (χ3n) is 2.48. The molecule has 1 atom stereocenters. The summed E-state index contributed by atoms with van der Waals surface area (Å²) in [5.74, 6) is 0.702. The molecule has 0 spiro atoms. The fraction of sp³-hybridized carbons (Fsp3) is 0.400. The van der Waals surface area contributed by atoms with E-state index in [1.54, 1.807) is 20.5 Å². The van der Waals surface area contributed by atoms with Crippen LogP contribution in [0.4, 0.5) is 5.82 Å². The predicted octanol–water partition coefficient (Wildman–Crippen LogP) is 1.000. The number of pyridine rings is 1. The van der Waals surface area contributed by atoms with Crippen LogP contribution in [-0.2, 0) is 9.02 Å². The summed E-state index contributed by atoms with van der Waals surface area (Å²) in [7, 11) is 5.54. The van der Waals surface area contributed by atoms with Crippen LogP contribution in [0.25, 0.3) is 0 Å². The minimum atomic E-state index is -0.780. The zero-order chi connectivity index (χ0) is 12.2. The third-order valence-corrected chi connectivity index (χ3v) is 3.56. The molecule has 0 saturated heterocycles. The summed E-state index contributed by atoms with van der Waals surface area (Å²) in [6, 6.07) is 1.95. The van der Waals surface area contributed by atoms with Gasteiger partial charge in [0.25, 0.3) is 0 Å². The number of alkyl halides is 1. The molecule has 1 aromatic heterocycles. The lowest BCUT2D eigenvalue weighted by atomic mass is 9.63. The van der Waals surface area contributed by atoms with Crippen molar-refractivity contribution in [3.63, 3.8) is 0 Å². The second-order valence-corrected chi connectivity index (χ2v) is 4.69. The van der Waals surface area contributed by atoms with Crippen molar-refractivity contribution in [1.29, 1.82) is 0 Å². The van der Waals surface area contributed by atoms with Gasteiger partial charge in [0, 0.05) is 18.8 Å². The van der Waals surface area contributed by atoms with Gasteiger partial charge in [0.15, 0.2) is 0 Å². The zero-order valence-electron chi connectivity index (χ0n) is 9.62. The van der Waals surface area contributed by atoms with E-state index in [1.807, 2.05) is 27.0 Å². The smallest absolute Gasteiger partial charge is 0.150 e. The van der Waals surface area contributed by atoms with E-state index >= 15 is 0 Å². The number of anilines is 1. The first kappa shape index (κ1) is 13.3. The van der Waals surface area contributed by atoms with Crippen molar-refractivity contribution in [3.8, 4) is 0 Å². The Kier molecular flexibility index (Phi) is 4.59. The van der Waals surface area contributed by atoms with Crippen molar-refractivity contribution in [2.45, 2.75) is 17.9 Å². The number of nitrogens with zero attached hydrogens (tertiary/aromatic N) is 1. The number of aromatic nitrogens is 1. The second kappa shape index (κ2) is 5.53. The normalized spacial score (nSPS) is 13.8. The molecule has 0 amide bonds. The van der Waals surface area contributed by atoms with Gasteiger partial charge in [0.1, 0.15) is 26.7 Å². The van der Waals surface area contributed by atoms with E-state index in [0.29, 0.717) is 5.82 Å². The van der Waals surface area contributed by atoms with Gasteiger partial charge in [-0.1, -0.05) is 41.1 Å². The Morgan fingerprint density at radius 2 is 2.25 bits per heavy atom. The SMILES string of the molecule is C[B]c1cnc(NC)c(C(Br)([B]C)C=O)c1. The van der Waals surface area contributed by atoms with Crippen LogP contribution in [0.15, 0.2) is 12.3 Å². The van der Waals surface area contributed by atoms with E-state index in [-0.39, 0.29) is 0 Å². The molecule has 1 rings (SSSR count). The Morgan fingerprint density at radius 1 is 1.56 bits per heavy atom. The van der Waals surface area contributed by atoms with Gasteiger partial charge in [0.2, 0.25) is 0 Å². The quantitative estimate of drug-likeness (QED) is 0.496. The lowest BCUT2D eigenvalue weighted by Gasteiger charge is -2.22. The molecule has 0 aliphatic carbocycles. The van der Waals surface area contributed by atoms with Gasteiger partial charge in [-0.3, -0.25) is 0 Å². The molecule has 2 radical (unpaired) electrons. The molecule has 82 valence electrons. The fourth-order valence-electron chi connectivity index (χ4n) is 1.42. The lowest BCUT2D eigenvalue weighted by Crippen LogP contribution is -2.29. The Labute approximate surface area is 106 Å². The number of halogens is 1. The van der Waals surface area contributed by atoms with Gasteiger partial charge in [0.05, 0.1) is 4.22 Å². The molecule has 1 heterocycles. The Hall–Kier alpha value is -0.770. The van der Waals surface area contributed by atoms with Crippen molar-refractivity contribution >= 4 is 48.1 Å². The van der Waals surface area contributed by atoms with E-state index in [0.717, 1.165) is 17.3 Å². The molecular weight excluding hydrogens is 266 g/mol. The topological polar surface area (TPSA) is 42.0 Å². The van der Waals surface area contributed by atoms with Crippen LogP contribution >= 0.6 is 15.9 Å². The molecule has 6 heteroatoms. The van der Waals surface area contributed by atoms with Gasteiger partial charge in [-0.05, 0) is 0 Å². The third kappa shape index (κ3) is 2.48. The number of hydrogen-bond acceptors (Lipinski definition) is 3. The first-order valence-corrected chi connectivity index (χ1v) is 5.84. The summed E-state index contributed by atoms with van der Waals surface area (Å²) in [6.45, 7) is 3.78. The molecule has 0 aromatic carbocycles. The maximum Gasteiger partial charge on any atom is 0.150 e. The number of nitrogens with one attached hydrogen (secondary N) is 1. The summed E-state index contributed by atoms with van der Waals surface area (Å²) in [5, 5.41) is 2.99. The van der Waals surface area contributed by atoms with Crippen LogP contribution < -0.4 is 10.8 Å². The molecule has 0 aliphatic rings. The van der Waals surface area contributed by atoms with Crippen LogP contribution in [0.3, 0.4) is 0 Å². The van der Waals surface area contributed by atoms with Gasteiger partial charge >= 0.3 is 0 Å². The van der Waals surface area contributed by atoms with E-state index in [1.165, 1.54) is 0 Å². The maximum absolute atomic E-state index is 11.2. The van der Waals surface area contributed by atoms with Gasteiger partial charge < -0.3 is 10.1 Å². The number of aldehydes is 1. The van der Waals surface area contributed by atoms with Crippen LogP contribution in [0.1, 0.15) is 5.56 Å². The van der Waals surface area contributed by atoms with Gasteiger partial charge in [-0.25, -0.2) is 4.98 Å². The fourth-order valence-corrected chi connectivity index (χ4v) is 1.72. The molecular formula is C10H13B2BrN2O.